The Morgan fingerprint density at radius 2 is 1.72 bits per heavy atom. The van der Waals surface area contributed by atoms with Gasteiger partial charge in [0.25, 0.3) is 0 Å². The monoisotopic (exact) mass is 445 g/mol. The maximum atomic E-state index is 13.3. The van der Waals surface area contributed by atoms with Crippen molar-refractivity contribution in [2.45, 2.75) is 30.7 Å². The summed E-state index contributed by atoms with van der Waals surface area (Å²) >= 11 is 0. The molecular formula is C24H23N5O2S. The molecule has 2 aliphatic heterocycles. The average Bonchev–Trinajstić information content (AvgIpc) is 3.38. The maximum absolute atomic E-state index is 13.3. The molecule has 0 spiro atoms. The van der Waals surface area contributed by atoms with E-state index in [-0.39, 0.29) is 11.4 Å². The number of fused-ring (bicyclic) bond motifs is 1. The highest BCUT2D eigenvalue weighted by atomic mass is 32.2. The van der Waals surface area contributed by atoms with Gasteiger partial charge in [0.15, 0.2) is 5.82 Å². The molecule has 1 aromatic heterocycles. The SMILES string of the molecule is N#Cc1cccc(S(=O)(=O)N2CCc3nc(-c4ccccc4)nc(N4CCCC4)c3C2)c1. The summed E-state index contributed by atoms with van der Waals surface area (Å²) in [5, 5.41) is 9.17. The summed E-state index contributed by atoms with van der Waals surface area (Å²) < 4.78 is 28.2. The molecule has 5 rings (SSSR count). The standard InChI is InChI=1S/C24H23N5O2S/c25-16-18-7-6-10-20(15-18)32(30,31)29-14-11-22-21(17-29)24(28-12-4-5-13-28)27-23(26-22)19-8-2-1-3-9-19/h1-3,6-10,15H,4-5,11-14,17H2. The number of hydrogen-bond donors (Lipinski definition) is 0. The minimum atomic E-state index is -3.73. The van der Waals surface area contributed by atoms with Crippen LogP contribution in [-0.2, 0) is 23.0 Å². The lowest BCUT2D eigenvalue weighted by atomic mass is 10.1. The molecular weight excluding hydrogens is 422 g/mol. The molecule has 0 bridgehead atoms. The quantitative estimate of drug-likeness (QED) is 0.612. The Kier molecular flexibility index (Phi) is 5.37. The largest absolute Gasteiger partial charge is 0.356 e. The van der Waals surface area contributed by atoms with Gasteiger partial charge in [-0.2, -0.15) is 9.57 Å². The number of aromatic nitrogens is 2. The highest BCUT2D eigenvalue weighted by Crippen LogP contribution is 2.33. The van der Waals surface area contributed by atoms with Gasteiger partial charge in [0.05, 0.1) is 22.2 Å². The van der Waals surface area contributed by atoms with E-state index in [0.29, 0.717) is 24.4 Å². The van der Waals surface area contributed by atoms with Crippen molar-refractivity contribution in [3.05, 3.63) is 71.4 Å². The number of benzene rings is 2. The van der Waals surface area contributed by atoms with Crippen molar-refractivity contribution in [2.24, 2.45) is 0 Å². The van der Waals surface area contributed by atoms with Crippen LogP contribution in [0.2, 0.25) is 0 Å². The molecule has 8 heteroatoms. The van der Waals surface area contributed by atoms with E-state index in [1.807, 2.05) is 36.4 Å². The van der Waals surface area contributed by atoms with E-state index in [2.05, 4.69) is 4.90 Å². The van der Waals surface area contributed by atoms with Crippen LogP contribution in [0.3, 0.4) is 0 Å². The van der Waals surface area contributed by atoms with Gasteiger partial charge in [-0.3, -0.25) is 0 Å². The van der Waals surface area contributed by atoms with E-state index in [9.17, 15) is 8.42 Å². The van der Waals surface area contributed by atoms with Gasteiger partial charge >= 0.3 is 0 Å². The Balaban J connectivity index is 1.55. The lowest BCUT2D eigenvalue weighted by molar-refractivity contribution is 0.387. The summed E-state index contributed by atoms with van der Waals surface area (Å²) in [5.74, 6) is 1.53. The number of nitriles is 1. The van der Waals surface area contributed by atoms with Crippen LogP contribution in [0.5, 0.6) is 0 Å². The van der Waals surface area contributed by atoms with Gasteiger partial charge < -0.3 is 4.90 Å². The maximum Gasteiger partial charge on any atom is 0.243 e. The van der Waals surface area contributed by atoms with Crippen LogP contribution in [-0.4, -0.2) is 42.3 Å². The van der Waals surface area contributed by atoms with E-state index < -0.39 is 10.0 Å². The molecule has 2 aromatic carbocycles. The Bertz CT molecular complexity index is 1300. The third kappa shape index (κ3) is 3.74. The van der Waals surface area contributed by atoms with Gasteiger partial charge in [-0.15, -0.1) is 0 Å². The molecule has 2 aliphatic rings. The molecule has 0 N–H and O–H groups in total. The van der Waals surface area contributed by atoms with Gasteiger partial charge in [0.1, 0.15) is 5.82 Å². The first kappa shape index (κ1) is 20.6. The second-order valence-electron chi connectivity index (χ2n) is 8.08. The van der Waals surface area contributed by atoms with E-state index in [1.165, 1.54) is 10.4 Å². The number of sulfonamides is 1. The third-order valence-corrected chi connectivity index (χ3v) is 7.88. The predicted molar refractivity (Wildman–Crippen MR) is 121 cm³/mol. The Hall–Kier alpha value is -3.28. The highest BCUT2D eigenvalue weighted by Gasteiger charge is 2.33. The minimum Gasteiger partial charge on any atom is -0.356 e. The first-order chi connectivity index (χ1) is 15.6. The summed E-state index contributed by atoms with van der Waals surface area (Å²) in [5.41, 5.74) is 3.09. The fraction of sp³-hybridized carbons (Fsp3) is 0.292. The van der Waals surface area contributed by atoms with Crippen LogP contribution in [0.25, 0.3) is 11.4 Å². The molecule has 0 saturated carbocycles. The fourth-order valence-corrected chi connectivity index (χ4v) is 5.81. The van der Waals surface area contributed by atoms with Crippen molar-refractivity contribution in [1.29, 1.82) is 5.26 Å². The zero-order chi connectivity index (χ0) is 22.1. The summed E-state index contributed by atoms with van der Waals surface area (Å²) in [6, 6.07) is 18.1. The molecule has 0 aliphatic carbocycles. The minimum absolute atomic E-state index is 0.143. The van der Waals surface area contributed by atoms with Crippen molar-refractivity contribution < 1.29 is 8.42 Å². The molecule has 3 aromatic rings. The Labute approximate surface area is 188 Å². The van der Waals surface area contributed by atoms with Crippen LogP contribution >= 0.6 is 0 Å². The normalized spacial score (nSPS) is 16.5. The van der Waals surface area contributed by atoms with Crippen molar-refractivity contribution in [2.75, 3.05) is 24.5 Å². The third-order valence-electron chi connectivity index (χ3n) is 6.04. The van der Waals surface area contributed by atoms with Crippen molar-refractivity contribution in [1.82, 2.24) is 14.3 Å². The molecule has 1 fully saturated rings. The molecule has 1 saturated heterocycles. The molecule has 32 heavy (non-hydrogen) atoms. The Morgan fingerprint density at radius 3 is 2.47 bits per heavy atom. The molecule has 0 unspecified atom stereocenters. The summed E-state index contributed by atoms with van der Waals surface area (Å²) in [7, 11) is -3.73. The van der Waals surface area contributed by atoms with Gasteiger partial charge in [0, 0.05) is 43.7 Å². The van der Waals surface area contributed by atoms with Crippen LogP contribution < -0.4 is 4.90 Å². The molecule has 7 nitrogen and oxygen atoms in total. The second kappa shape index (κ2) is 8.34. The van der Waals surface area contributed by atoms with Crippen LogP contribution in [0.1, 0.15) is 29.7 Å². The molecule has 0 atom stereocenters. The lowest BCUT2D eigenvalue weighted by Crippen LogP contribution is -2.38. The molecule has 162 valence electrons. The predicted octanol–water partition coefficient (Wildman–Crippen LogP) is 3.36. The fourth-order valence-electron chi connectivity index (χ4n) is 4.36. The van der Waals surface area contributed by atoms with E-state index in [0.717, 1.165) is 48.6 Å². The molecule has 3 heterocycles. The van der Waals surface area contributed by atoms with Gasteiger partial charge in [0.2, 0.25) is 10.0 Å². The van der Waals surface area contributed by atoms with E-state index >= 15 is 0 Å². The second-order valence-corrected chi connectivity index (χ2v) is 10.0. The zero-order valence-electron chi connectivity index (χ0n) is 17.6. The molecule has 0 amide bonds. The zero-order valence-corrected chi connectivity index (χ0v) is 18.4. The van der Waals surface area contributed by atoms with Gasteiger partial charge in [-0.25, -0.2) is 18.4 Å². The van der Waals surface area contributed by atoms with E-state index in [4.69, 9.17) is 15.2 Å². The molecule has 0 radical (unpaired) electrons. The Morgan fingerprint density at radius 1 is 0.938 bits per heavy atom. The van der Waals surface area contributed by atoms with Crippen LogP contribution in [0, 0.1) is 11.3 Å². The van der Waals surface area contributed by atoms with Gasteiger partial charge in [-0.1, -0.05) is 36.4 Å². The van der Waals surface area contributed by atoms with Crippen molar-refractivity contribution >= 4 is 15.8 Å². The van der Waals surface area contributed by atoms with E-state index in [1.54, 1.807) is 18.2 Å². The number of hydrogen-bond acceptors (Lipinski definition) is 6. The smallest absolute Gasteiger partial charge is 0.243 e. The van der Waals surface area contributed by atoms with Crippen LogP contribution in [0.4, 0.5) is 5.82 Å². The topological polar surface area (TPSA) is 90.2 Å². The van der Waals surface area contributed by atoms with Crippen molar-refractivity contribution in [3.63, 3.8) is 0 Å². The van der Waals surface area contributed by atoms with Crippen LogP contribution in [0.15, 0.2) is 59.5 Å². The first-order valence-corrected chi connectivity index (χ1v) is 12.2. The number of rotatable bonds is 4. The summed E-state index contributed by atoms with van der Waals surface area (Å²) in [6.45, 7) is 2.40. The van der Waals surface area contributed by atoms with Crippen molar-refractivity contribution in [3.8, 4) is 17.5 Å². The summed E-state index contributed by atoms with van der Waals surface area (Å²) in [6.07, 6.45) is 2.72. The van der Waals surface area contributed by atoms with Gasteiger partial charge in [-0.05, 0) is 31.0 Å². The highest BCUT2D eigenvalue weighted by molar-refractivity contribution is 7.89. The summed E-state index contributed by atoms with van der Waals surface area (Å²) in [4.78, 5) is 12.1. The lowest BCUT2D eigenvalue weighted by Gasteiger charge is -2.31. The number of anilines is 1. The number of nitrogens with zero attached hydrogens (tertiary/aromatic N) is 5. The first-order valence-electron chi connectivity index (χ1n) is 10.8. The average molecular weight is 446 g/mol.